The van der Waals surface area contributed by atoms with Crippen molar-refractivity contribution >= 4 is 11.7 Å². The maximum atomic E-state index is 12.2. The molecule has 3 aliphatic heterocycles. The molecule has 3 fully saturated rings. The van der Waals surface area contributed by atoms with Crippen LogP contribution in [0.1, 0.15) is 35.7 Å². The summed E-state index contributed by atoms with van der Waals surface area (Å²) in [5.74, 6) is 1.56. The van der Waals surface area contributed by atoms with E-state index >= 15 is 0 Å². The average Bonchev–Trinajstić information content (AvgIpc) is 3.01. The highest BCUT2D eigenvalue weighted by molar-refractivity contribution is 5.94. The lowest BCUT2D eigenvalue weighted by Crippen LogP contribution is -2.43. The number of hydrogen-bond acceptors (Lipinski definition) is 4. The summed E-state index contributed by atoms with van der Waals surface area (Å²) in [5.41, 5.74) is 2.08. The largest absolute Gasteiger partial charge is 0.355 e. The standard InChI is InChI=1S/C22H28N4O/c1-2-23-22(27)19-10-11-24-21(12-19)26-15-18-8-9-20(16-26)25(14-18)13-17-6-4-3-5-7-17/h3-7,10-12,18,20H,2,8-9,13-16H2,1H3,(H,23,27)/t18-,20-/m0/s1. The highest BCUT2D eigenvalue weighted by Gasteiger charge is 2.35. The van der Waals surface area contributed by atoms with Gasteiger partial charge in [-0.15, -0.1) is 0 Å². The molecule has 1 aromatic carbocycles. The third kappa shape index (κ3) is 4.14. The van der Waals surface area contributed by atoms with Crippen molar-refractivity contribution in [3.63, 3.8) is 0 Å². The first-order chi connectivity index (χ1) is 13.2. The number of aromatic nitrogens is 1. The number of rotatable bonds is 5. The molecular weight excluding hydrogens is 336 g/mol. The minimum absolute atomic E-state index is 0.0235. The molecule has 3 aliphatic rings. The van der Waals surface area contributed by atoms with E-state index in [1.54, 1.807) is 12.3 Å². The summed E-state index contributed by atoms with van der Waals surface area (Å²) in [6, 6.07) is 15.0. The monoisotopic (exact) mass is 364 g/mol. The van der Waals surface area contributed by atoms with Gasteiger partial charge in [-0.1, -0.05) is 30.3 Å². The van der Waals surface area contributed by atoms with E-state index in [0.29, 0.717) is 24.1 Å². The second-order valence-electron chi connectivity index (χ2n) is 7.68. The van der Waals surface area contributed by atoms with Crippen LogP contribution in [0.4, 0.5) is 5.82 Å². The van der Waals surface area contributed by atoms with Gasteiger partial charge in [-0.25, -0.2) is 4.98 Å². The number of anilines is 1. The van der Waals surface area contributed by atoms with E-state index in [0.717, 1.165) is 32.0 Å². The normalized spacial score (nSPS) is 22.5. The van der Waals surface area contributed by atoms with Crippen LogP contribution in [-0.4, -0.2) is 48.0 Å². The van der Waals surface area contributed by atoms with Crippen LogP contribution >= 0.6 is 0 Å². The van der Waals surface area contributed by atoms with Crippen LogP contribution in [0.25, 0.3) is 0 Å². The summed E-state index contributed by atoms with van der Waals surface area (Å²) in [4.78, 5) is 21.8. The van der Waals surface area contributed by atoms with Crippen LogP contribution < -0.4 is 10.2 Å². The molecule has 0 radical (unpaired) electrons. The van der Waals surface area contributed by atoms with Gasteiger partial charge in [-0.2, -0.15) is 0 Å². The maximum absolute atomic E-state index is 12.2. The number of pyridine rings is 1. The van der Waals surface area contributed by atoms with Crippen molar-refractivity contribution < 1.29 is 4.79 Å². The van der Waals surface area contributed by atoms with Crippen molar-refractivity contribution in [1.29, 1.82) is 0 Å². The fourth-order valence-corrected chi connectivity index (χ4v) is 4.37. The van der Waals surface area contributed by atoms with E-state index < -0.39 is 0 Å². The van der Waals surface area contributed by atoms with Crippen LogP contribution in [0.2, 0.25) is 0 Å². The van der Waals surface area contributed by atoms with Gasteiger partial charge in [0.15, 0.2) is 0 Å². The summed E-state index contributed by atoms with van der Waals surface area (Å²) in [6.45, 7) is 6.74. The summed E-state index contributed by atoms with van der Waals surface area (Å²) in [5, 5.41) is 2.88. The number of carbonyl (C=O) groups is 1. The predicted molar refractivity (Wildman–Crippen MR) is 108 cm³/mol. The third-order valence-electron chi connectivity index (χ3n) is 5.72. The van der Waals surface area contributed by atoms with E-state index in [9.17, 15) is 4.79 Å². The predicted octanol–water partition coefficient (Wildman–Crippen LogP) is 2.93. The number of piperidine rings is 1. The fraction of sp³-hybridized carbons (Fsp3) is 0.455. The molecule has 5 heteroatoms. The summed E-state index contributed by atoms with van der Waals surface area (Å²) in [6.07, 6.45) is 4.28. The minimum atomic E-state index is -0.0235. The number of hydrogen-bond donors (Lipinski definition) is 1. The zero-order valence-corrected chi connectivity index (χ0v) is 16.0. The Morgan fingerprint density at radius 3 is 2.81 bits per heavy atom. The molecule has 3 saturated heterocycles. The Balaban J connectivity index is 1.50. The number of fused-ring (bicyclic) bond motifs is 4. The molecule has 0 spiro atoms. The van der Waals surface area contributed by atoms with Gasteiger partial charge in [0, 0.05) is 50.5 Å². The Morgan fingerprint density at radius 1 is 1.15 bits per heavy atom. The first-order valence-electron chi connectivity index (χ1n) is 10.00. The molecule has 2 bridgehead atoms. The van der Waals surface area contributed by atoms with Crippen molar-refractivity contribution in [2.24, 2.45) is 5.92 Å². The summed E-state index contributed by atoms with van der Waals surface area (Å²) < 4.78 is 0. The van der Waals surface area contributed by atoms with Crippen LogP contribution in [0.3, 0.4) is 0 Å². The van der Waals surface area contributed by atoms with Gasteiger partial charge in [0.1, 0.15) is 5.82 Å². The number of nitrogens with one attached hydrogen (secondary N) is 1. The Bertz CT molecular complexity index is 779. The van der Waals surface area contributed by atoms with E-state index in [2.05, 4.69) is 50.4 Å². The molecule has 2 atom stereocenters. The van der Waals surface area contributed by atoms with Gasteiger partial charge >= 0.3 is 0 Å². The molecule has 4 heterocycles. The highest BCUT2D eigenvalue weighted by Crippen LogP contribution is 2.31. The Hall–Kier alpha value is -2.40. The Kier molecular flexibility index (Phi) is 5.39. The van der Waals surface area contributed by atoms with Crippen LogP contribution in [-0.2, 0) is 6.54 Å². The van der Waals surface area contributed by atoms with E-state index in [1.807, 2.05) is 13.0 Å². The second kappa shape index (κ2) is 8.09. The third-order valence-corrected chi connectivity index (χ3v) is 5.72. The van der Waals surface area contributed by atoms with Crippen molar-refractivity contribution in [1.82, 2.24) is 15.2 Å². The maximum Gasteiger partial charge on any atom is 0.251 e. The smallest absolute Gasteiger partial charge is 0.251 e. The lowest BCUT2D eigenvalue weighted by atomic mass is 9.94. The quantitative estimate of drug-likeness (QED) is 0.886. The SMILES string of the molecule is CCNC(=O)c1ccnc(N2C[C@H]3CC[C@@H](C2)N(Cc2ccccc2)C3)c1. The Labute approximate surface area is 161 Å². The number of amides is 1. The van der Waals surface area contributed by atoms with Crippen molar-refractivity contribution in [3.8, 4) is 0 Å². The molecule has 142 valence electrons. The van der Waals surface area contributed by atoms with E-state index in [1.165, 1.54) is 18.4 Å². The van der Waals surface area contributed by atoms with E-state index in [4.69, 9.17) is 0 Å². The van der Waals surface area contributed by atoms with Gasteiger partial charge in [0.2, 0.25) is 0 Å². The molecule has 1 amide bonds. The minimum Gasteiger partial charge on any atom is -0.355 e. The van der Waals surface area contributed by atoms with Gasteiger partial charge in [-0.3, -0.25) is 9.69 Å². The van der Waals surface area contributed by atoms with Gasteiger partial charge < -0.3 is 10.2 Å². The van der Waals surface area contributed by atoms with Crippen molar-refractivity contribution in [2.75, 3.05) is 31.1 Å². The number of carbonyl (C=O) groups excluding carboxylic acids is 1. The molecule has 27 heavy (non-hydrogen) atoms. The molecule has 1 aromatic heterocycles. The van der Waals surface area contributed by atoms with Crippen LogP contribution in [0.5, 0.6) is 0 Å². The van der Waals surface area contributed by atoms with Crippen molar-refractivity contribution in [2.45, 2.75) is 32.4 Å². The summed E-state index contributed by atoms with van der Waals surface area (Å²) >= 11 is 0. The van der Waals surface area contributed by atoms with Crippen LogP contribution in [0.15, 0.2) is 48.7 Å². The number of benzene rings is 1. The molecule has 0 saturated carbocycles. The summed E-state index contributed by atoms with van der Waals surface area (Å²) in [7, 11) is 0. The first kappa shape index (κ1) is 18.0. The fourth-order valence-electron chi connectivity index (χ4n) is 4.37. The molecule has 5 rings (SSSR count). The number of nitrogens with zero attached hydrogens (tertiary/aromatic N) is 3. The molecule has 1 N–H and O–H groups in total. The van der Waals surface area contributed by atoms with Gasteiger partial charge in [0.05, 0.1) is 0 Å². The molecule has 5 nitrogen and oxygen atoms in total. The zero-order chi connectivity index (χ0) is 18.6. The van der Waals surface area contributed by atoms with E-state index in [-0.39, 0.29) is 5.91 Å². The molecule has 0 aliphatic carbocycles. The first-order valence-corrected chi connectivity index (χ1v) is 10.00. The van der Waals surface area contributed by atoms with Crippen molar-refractivity contribution in [3.05, 3.63) is 59.8 Å². The molecule has 2 aromatic rings. The topological polar surface area (TPSA) is 48.5 Å². The zero-order valence-electron chi connectivity index (χ0n) is 16.0. The second-order valence-corrected chi connectivity index (χ2v) is 7.68. The lowest BCUT2D eigenvalue weighted by molar-refractivity contribution is 0.0955. The molecular formula is C22H28N4O. The van der Waals surface area contributed by atoms with Gasteiger partial charge in [-0.05, 0) is 43.4 Å². The van der Waals surface area contributed by atoms with Gasteiger partial charge in [0.25, 0.3) is 5.91 Å². The lowest BCUT2D eigenvalue weighted by Gasteiger charge is -2.36. The van der Waals surface area contributed by atoms with Crippen LogP contribution in [0, 0.1) is 5.92 Å². The highest BCUT2D eigenvalue weighted by atomic mass is 16.1. The average molecular weight is 364 g/mol. The Morgan fingerprint density at radius 2 is 2.00 bits per heavy atom. The molecule has 0 unspecified atom stereocenters.